The Hall–Kier alpha value is -0.490. The Morgan fingerprint density at radius 2 is 2.05 bits per heavy atom. The third kappa shape index (κ3) is 6.47. The van der Waals surface area contributed by atoms with Crippen LogP contribution < -0.4 is 5.73 Å². The molecule has 1 atom stereocenters. The zero-order valence-corrected chi connectivity index (χ0v) is 13.3. The fourth-order valence-corrected chi connectivity index (χ4v) is 2.67. The maximum Gasteiger partial charge on any atom is 0.0943 e. The molecule has 0 aliphatic carbocycles. The van der Waals surface area contributed by atoms with Crippen molar-refractivity contribution in [3.63, 3.8) is 0 Å². The van der Waals surface area contributed by atoms with Gasteiger partial charge in [0.2, 0.25) is 0 Å². The number of ether oxygens (including phenoxy) is 2. The van der Waals surface area contributed by atoms with Crippen molar-refractivity contribution in [1.82, 2.24) is 4.98 Å². The van der Waals surface area contributed by atoms with Gasteiger partial charge in [0, 0.05) is 37.0 Å². The number of hydrogen-bond acceptors (Lipinski definition) is 5. The maximum absolute atomic E-state index is 6.09. The molecule has 0 saturated carbocycles. The van der Waals surface area contributed by atoms with Crippen molar-refractivity contribution in [3.05, 3.63) is 16.1 Å². The maximum atomic E-state index is 6.09. The largest absolute Gasteiger partial charge is 0.382 e. The number of hydrogen-bond donors (Lipinski definition) is 1. The number of aromatic nitrogens is 1. The van der Waals surface area contributed by atoms with Crippen LogP contribution in [0.5, 0.6) is 0 Å². The van der Waals surface area contributed by atoms with E-state index in [1.165, 1.54) is 0 Å². The van der Waals surface area contributed by atoms with Crippen LogP contribution in [-0.2, 0) is 21.3 Å². The van der Waals surface area contributed by atoms with Gasteiger partial charge in [0.25, 0.3) is 0 Å². The topological polar surface area (TPSA) is 57.4 Å². The second-order valence-corrected chi connectivity index (χ2v) is 6.68. The average molecular weight is 286 g/mol. The van der Waals surface area contributed by atoms with Crippen LogP contribution in [0, 0.1) is 0 Å². The normalized spacial score (nSPS) is 13.7. The minimum absolute atomic E-state index is 0.113. The van der Waals surface area contributed by atoms with E-state index in [9.17, 15) is 0 Å². The van der Waals surface area contributed by atoms with E-state index in [1.807, 2.05) is 0 Å². The van der Waals surface area contributed by atoms with Crippen LogP contribution in [0.2, 0.25) is 0 Å². The lowest BCUT2D eigenvalue weighted by atomic mass is 9.93. The van der Waals surface area contributed by atoms with Gasteiger partial charge in [-0.1, -0.05) is 20.8 Å². The van der Waals surface area contributed by atoms with E-state index < -0.39 is 0 Å². The van der Waals surface area contributed by atoms with Gasteiger partial charge >= 0.3 is 0 Å². The summed E-state index contributed by atoms with van der Waals surface area (Å²) in [6.07, 6.45) is 1.68. The summed E-state index contributed by atoms with van der Waals surface area (Å²) in [5.74, 6) is 0. The lowest BCUT2D eigenvalue weighted by Gasteiger charge is -2.14. The number of nitrogens with two attached hydrogens (primary N) is 1. The van der Waals surface area contributed by atoms with Gasteiger partial charge in [0.05, 0.1) is 23.9 Å². The number of rotatable bonds is 8. The molecule has 0 fully saturated rings. The predicted octanol–water partition coefficient (Wildman–Crippen LogP) is 2.36. The summed E-state index contributed by atoms with van der Waals surface area (Å²) in [7, 11) is 1.67. The monoisotopic (exact) mass is 286 g/mol. The van der Waals surface area contributed by atoms with Gasteiger partial charge in [0.15, 0.2) is 0 Å². The highest BCUT2D eigenvalue weighted by molar-refractivity contribution is 7.09. The molecule has 0 aromatic carbocycles. The first kappa shape index (κ1) is 16.6. The van der Waals surface area contributed by atoms with Crippen LogP contribution in [0.15, 0.2) is 5.38 Å². The molecule has 4 nitrogen and oxygen atoms in total. The lowest BCUT2D eigenvalue weighted by molar-refractivity contribution is 0.0672. The molecule has 1 aromatic heterocycles. The summed E-state index contributed by atoms with van der Waals surface area (Å²) in [5, 5.41) is 3.26. The van der Waals surface area contributed by atoms with Gasteiger partial charge in [-0.25, -0.2) is 4.98 Å². The van der Waals surface area contributed by atoms with Crippen molar-refractivity contribution in [1.29, 1.82) is 0 Å². The second-order valence-electron chi connectivity index (χ2n) is 5.73. The molecule has 2 N–H and O–H groups in total. The smallest absolute Gasteiger partial charge is 0.0943 e. The quantitative estimate of drug-likeness (QED) is 0.745. The van der Waals surface area contributed by atoms with Gasteiger partial charge in [-0.15, -0.1) is 11.3 Å². The van der Waals surface area contributed by atoms with Crippen molar-refractivity contribution >= 4 is 11.3 Å². The molecule has 110 valence electrons. The number of nitrogens with zero attached hydrogens (tertiary/aromatic N) is 1. The van der Waals surface area contributed by atoms with Gasteiger partial charge < -0.3 is 15.2 Å². The van der Waals surface area contributed by atoms with Crippen LogP contribution in [-0.4, -0.2) is 38.0 Å². The Balaban J connectivity index is 2.28. The molecule has 1 heterocycles. The Bertz CT molecular complexity index is 361. The zero-order valence-electron chi connectivity index (χ0n) is 12.4. The first-order valence-electron chi connectivity index (χ1n) is 6.70. The average Bonchev–Trinajstić information content (AvgIpc) is 2.77. The highest BCUT2D eigenvalue weighted by Gasteiger charge is 2.18. The molecule has 0 radical (unpaired) electrons. The lowest BCUT2D eigenvalue weighted by Crippen LogP contribution is -2.25. The first-order chi connectivity index (χ1) is 8.93. The summed E-state index contributed by atoms with van der Waals surface area (Å²) in [4.78, 5) is 4.66. The van der Waals surface area contributed by atoms with E-state index in [4.69, 9.17) is 15.2 Å². The Morgan fingerprint density at radius 3 is 2.63 bits per heavy atom. The van der Waals surface area contributed by atoms with Crippen LogP contribution >= 0.6 is 11.3 Å². The molecule has 1 rings (SSSR count). The van der Waals surface area contributed by atoms with Crippen LogP contribution in [0.3, 0.4) is 0 Å². The summed E-state index contributed by atoms with van der Waals surface area (Å²) in [6.45, 7) is 8.48. The van der Waals surface area contributed by atoms with Gasteiger partial charge in [-0.2, -0.15) is 0 Å². The standard InChI is InChI=1S/C14H26N2O2S/c1-14(2,3)12-10-19-13(16-12)9-11(15)5-6-18-8-7-17-4/h10-11H,5-9,15H2,1-4H3. The molecule has 0 bridgehead atoms. The van der Waals surface area contributed by atoms with Crippen molar-refractivity contribution < 1.29 is 9.47 Å². The van der Waals surface area contributed by atoms with E-state index in [2.05, 4.69) is 31.1 Å². The Morgan fingerprint density at radius 1 is 1.32 bits per heavy atom. The summed E-state index contributed by atoms with van der Waals surface area (Å²) in [6, 6.07) is 0.113. The van der Waals surface area contributed by atoms with Gasteiger partial charge in [-0.3, -0.25) is 0 Å². The van der Waals surface area contributed by atoms with Crippen LogP contribution in [0.4, 0.5) is 0 Å². The van der Waals surface area contributed by atoms with Crippen molar-refractivity contribution in [2.45, 2.75) is 45.1 Å². The zero-order chi connectivity index (χ0) is 14.3. The molecule has 0 aliphatic heterocycles. The molecule has 0 amide bonds. The molecule has 0 aliphatic rings. The van der Waals surface area contributed by atoms with E-state index >= 15 is 0 Å². The van der Waals surface area contributed by atoms with E-state index in [1.54, 1.807) is 18.4 Å². The fraction of sp³-hybridized carbons (Fsp3) is 0.786. The second kappa shape index (κ2) is 7.94. The molecular formula is C14H26N2O2S. The Kier molecular flexibility index (Phi) is 6.93. The van der Waals surface area contributed by atoms with E-state index in [-0.39, 0.29) is 11.5 Å². The molecular weight excluding hydrogens is 260 g/mol. The highest BCUT2D eigenvalue weighted by Crippen LogP contribution is 2.24. The van der Waals surface area contributed by atoms with E-state index in [0.717, 1.165) is 23.5 Å². The van der Waals surface area contributed by atoms with Gasteiger partial charge in [-0.05, 0) is 6.42 Å². The predicted molar refractivity (Wildman–Crippen MR) is 79.8 cm³/mol. The fourth-order valence-electron chi connectivity index (χ4n) is 1.55. The van der Waals surface area contributed by atoms with Crippen molar-refractivity contribution in [2.24, 2.45) is 5.73 Å². The molecule has 0 spiro atoms. The number of methoxy groups -OCH3 is 1. The minimum atomic E-state index is 0.113. The van der Waals surface area contributed by atoms with Crippen LogP contribution in [0.1, 0.15) is 37.9 Å². The first-order valence-corrected chi connectivity index (χ1v) is 7.58. The third-order valence-electron chi connectivity index (χ3n) is 2.82. The number of thiazole rings is 1. The molecule has 19 heavy (non-hydrogen) atoms. The van der Waals surface area contributed by atoms with Crippen molar-refractivity contribution in [2.75, 3.05) is 26.9 Å². The molecule has 0 saturated heterocycles. The van der Waals surface area contributed by atoms with Gasteiger partial charge in [0.1, 0.15) is 0 Å². The summed E-state index contributed by atoms with van der Waals surface area (Å²) < 4.78 is 10.3. The SMILES string of the molecule is COCCOCCC(N)Cc1nc(C(C)(C)C)cs1. The molecule has 1 unspecified atom stereocenters. The van der Waals surface area contributed by atoms with E-state index in [0.29, 0.717) is 19.8 Å². The molecule has 5 heteroatoms. The summed E-state index contributed by atoms with van der Waals surface area (Å²) in [5.41, 5.74) is 7.36. The minimum Gasteiger partial charge on any atom is -0.382 e. The highest BCUT2D eigenvalue weighted by atomic mass is 32.1. The Labute approximate surface area is 120 Å². The summed E-state index contributed by atoms with van der Waals surface area (Å²) >= 11 is 1.70. The third-order valence-corrected chi connectivity index (χ3v) is 3.69. The van der Waals surface area contributed by atoms with Crippen LogP contribution in [0.25, 0.3) is 0 Å². The van der Waals surface area contributed by atoms with Crippen molar-refractivity contribution in [3.8, 4) is 0 Å². The molecule has 1 aromatic rings.